The number of aromatic nitrogens is 3. The van der Waals surface area contributed by atoms with E-state index in [1.165, 1.54) is 0 Å². The van der Waals surface area contributed by atoms with Crippen LogP contribution in [0.1, 0.15) is 11.3 Å². The average molecular weight is 329 g/mol. The fourth-order valence-electron chi connectivity index (χ4n) is 1.83. The molecule has 0 spiro atoms. The van der Waals surface area contributed by atoms with Crippen molar-refractivity contribution >= 4 is 15.9 Å². The van der Waals surface area contributed by atoms with Crippen LogP contribution in [0.25, 0.3) is 22.8 Å². The Morgan fingerprint density at radius 3 is 2.90 bits per heavy atom. The van der Waals surface area contributed by atoms with E-state index in [0.717, 1.165) is 15.6 Å². The summed E-state index contributed by atoms with van der Waals surface area (Å²) in [6.45, 7) is 2.01. The molecule has 0 radical (unpaired) electrons. The molecule has 1 N–H and O–H groups in total. The summed E-state index contributed by atoms with van der Waals surface area (Å²) >= 11 is 3.49. The van der Waals surface area contributed by atoms with Crippen molar-refractivity contribution in [1.29, 1.82) is 5.26 Å². The Morgan fingerprint density at radius 2 is 2.20 bits per heavy atom. The highest BCUT2D eigenvalue weighted by Gasteiger charge is 2.14. The molecule has 98 valence electrons. The van der Waals surface area contributed by atoms with Gasteiger partial charge in [0, 0.05) is 16.2 Å². The molecule has 0 bridgehead atoms. The smallest absolute Gasteiger partial charge is 0.259 e. The average Bonchev–Trinajstić information content (AvgIpc) is 3.07. The number of hydrogen-bond donors (Lipinski definition) is 1. The van der Waals surface area contributed by atoms with Gasteiger partial charge in [0.15, 0.2) is 0 Å². The van der Waals surface area contributed by atoms with Gasteiger partial charge in [-0.25, -0.2) is 0 Å². The summed E-state index contributed by atoms with van der Waals surface area (Å²) in [5, 5.41) is 12.8. The number of nitrogens with one attached hydrogen (secondary N) is 1. The van der Waals surface area contributed by atoms with Gasteiger partial charge in [-0.2, -0.15) is 10.2 Å². The van der Waals surface area contributed by atoms with Crippen LogP contribution in [0, 0.1) is 18.3 Å². The van der Waals surface area contributed by atoms with Gasteiger partial charge in [-0.3, -0.25) is 0 Å². The first kappa shape index (κ1) is 12.6. The summed E-state index contributed by atoms with van der Waals surface area (Å²) in [5.41, 5.74) is 3.16. The Kier molecular flexibility index (Phi) is 3.12. The lowest BCUT2D eigenvalue weighted by atomic mass is 10.1. The van der Waals surface area contributed by atoms with Gasteiger partial charge in [0.05, 0.1) is 5.56 Å². The van der Waals surface area contributed by atoms with Crippen molar-refractivity contribution in [2.24, 2.45) is 0 Å². The molecule has 1 aromatic carbocycles. The molecular weight excluding hydrogens is 320 g/mol. The molecular formula is C14H9BrN4O. The summed E-state index contributed by atoms with van der Waals surface area (Å²) in [7, 11) is 0. The highest BCUT2D eigenvalue weighted by Crippen LogP contribution is 2.29. The maximum absolute atomic E-state index is 8.79. The Balaban J connectivity index is 2.00. The molecule has 2 heterocycles. The van der Waals surface area contributed by atoms with E-state index in [4.69, 9.17) is 9.78 Å². The first-order valence-corrected chi connectivity index (χ1v) is 6.66. The maximum atomic E-state index is 8.79. The van der Waals surface area contributed by atoms with Gasteiger partial charge in [-0.15, -0.1) is 0 Å². The highest BCUT2D eigenvalue weighted by atomic mass is 79.9. The van der Waals surface area contributed by atoms with Gasteiger partial charge in [0.2, 0.25) is 5.82 Å². The summed E-state index contributed by atoms with van der Waals surface area (Å²) in [5.74, 6) is 0.886. The molecule has 0 unspecified atom stereocenters. The fraction of sp³-hybridized carbons (Fsp3) is 0.0714. The van der Waals surface area contributed by atoms with Crippen LogP contribution in [-0.2, 0) is 0 Å². The number of aromatic amines is 1. The zero-order valence-corrected chi connectivity index (χ0v) is 12.1. The van der Waals surface area contributed by atoms with Crippen LogP contribution in [-0.4, -0.2) is 15.1 Å². The van der Waals surface area contributed by atoms with Gasteiger partial charge in [-0.1, -0.05) is 27.2 Å². The number of benzene rings is 1. The normalized spacial score (nSPS) is 10.4. The van der Waals surface area contributed by atoms with Gasteiger partial charge < -0.3 is 9.51 Å². The first-order valence-electron chi connectivity index (χ1n) is 5.86. The molecule has 0 fully saturated rings. The topological polar surface area (TPSA) is 78.5 Å². The molecule has 0 amide bonds. The van der Waals surface area contributed by atoms with Crippen LogP contribution in [0.2, 0.25) is 0 Å². The lowest BCUT2D eigenvalue weighted by molar-refractivity contribution is 0.432. The molecule has 0 saturated carbocycles. The van der Waals surface area contributed by atoms with Crippen molar-refractivity contribution in [3.8, 4) is 28.9 Å². The molecule has 0 aliphatic carbocycles. The predicted molar refractivity (Wildman–Crippen MR) is 76.7 cm³/mol. The lowest BCUT2D eigenvalue weighted by Gasteiger charge is -1.99. The highest BCUT2D eigenvalue weighted by molar-refractivity contribution is 9.10. The van der Waals surface area contributed by atoms with Gasteiger partial charge in [0.25, 0.3) is 5.89 Å². The van der Waals surface area contributed by atoms with E-state index in [1.54, 1.807) is 12.3 Å². The Labute approximate surface area is 123 Å². The fourth-order valence-corrected chi connectivity index (χ4v) is 2.50. The van der Waals surface area contributed by atoms with Crippen LogP contribution in [0.5, 0.6) is 0 Å². The van der Waals surface area contributed by atoms with Crippen molar-refractivity contribution in [1.82, 2.24) is 15.1 Å². The standard InChI is InChI=1S/C14H9BrN4O/c1-8-2-3-11(12(15)4-8)13-18-14(20-19-13)9-5-10(6-16)17-7-9/h2-5,7,17H,1H3. The van der Waals surface area contributed by atoms with Crippen LogP contribution < -0.4 is 0 Å². The van der Waals surface area contributed by atoms with Gasteiger partial charge in [-0.05, 0) is 30.7 Å². The van der Waals surface area contributed by atoms with Gasteiger partial charge in [0.1, 0.15) is 11.8 Å². The maximum Gasteiger partial charge on any atom is 0.259 e. The number of nitrogens with zero attached hydrogens (tertiary/aromatic N) is 3. The monoisotopic (exact) mass is 328 g/mol. The molecule has 3 aromatic rings. The Bertz CT molecular complexity index is 813. The van der Waals surface area contributed by atoms with Crippen LogP contribution in [0.3, 0.4) is 0 Å². The Hall–Kier alpha value is -2.39. The predicted octanol–water partition coefficient (Wildman–Crippen LogP) is 3.67. The van der Waals surface area contributed by atoms with Crippen molar-refractivity contribution < 1.29 is 4.52 Å². The van der Waals surface area contributed by atoms with E-state index in [1.807, 2.05) is 31.2 Å². The zero-order chi connectivity index (χ0) is 14.1. The quantitative estimate of drug-likeness (QED) is 0.778. The number of aryl methyl sites for hydroxylation is 1. The lowest BCUT2D eigenvalue weighted by Crippen LogP contribution is -1.84. The molecule has 0 saturated heterocycles. The van der Waals surface area contributed by atoms with Crippen LogP contribution in [0.4, 0.5) is 0 Å². The molecule has 20 heavy (non-hydrogen) atoms. The molecule has 5 nitrogen and oxygen atoms in total. The second-order valence-electron chi connectivity index (χ2n) is 4.32. The minimum atomic E-state index is 0.380. The van der Waals surface area contributed by atoms with E-state index < -0.39 is 0 Å². The largest absolute Gasteiger partial charge is 0.352 e. The summed E-state index contributed by atoms with van der Waals surface area (Å²) in [6.07, 6.45) is 1.67. The van der Waals surface area contributed by atoms with Crippen LogP contribution in [0.15, 0.2) is 39.5 Å². The zero-order valence-electron chi connectivity index (χ0n) is 10.5. The van der Waals surface area contributed by atoms with Crippen molar-refractivity contribution in [3.63, 3.8) is 0 Å². The van der Waals surface area contributed by atoms with E-state index in [9.17, 15) is 0 Å². The number of hydrogen-bond acceptors (Lipinski definition) is 4. The summed E-state index contributed by atoms with van der Waals surface area (Å²) < 4.78 is 6.15. The first-order chi connectivity index (χ1) is 9.67. The van der Waals surface area contributed by atoms with Gasteiger partial charge >= 0.3 is 0 Å². The third-order valence-corrected chi connectivity index (χ3v) is 3.50. The second kappa shape index (κ2) is 4.94. The third-order valence-electron chi connectivity index (χ3n) is 2.84. The minimum absolute atomic E-state index is 0.380. The SMILES string of the molecule is Cc1ccc(-c2noc(-c3c[nH]c(C#N)c3)n2)c(Br)c1. The van der Waals surface area contributed by atoms with Crippen molar-refractivity contribution in [2.45, 2.75) is 6.92 Å². The number of halogens is 1. The van der Waals surface area contributed by atoms with Crippen LogP contribution >= 0.6 is 15.9 Å². The minimum Gasteiger partial charge on any atom is -0.352 e. The van der Waals surface area contributed by atoms with Crippen molar-refractivity contribution in [2.75, 3.05) is 0 Å². The summed E-state index contributed by atoms with van der Waals surface area (Å²) in [6, 6.07) is 9.60. The Morgan fingerprint density at radius 1 is 1.35 bits per heavy atom. The van der Waals surface area contributed by atoms with E-state index in [-0.39, 0.29) is 0 Å². The molecule has 6 heteroatoms. The molecule has 0 atom stereocenters. The number of H-pyrrole nitrogens is 1. The third kappa shape index (κ3) is 2.24. The number of rotatable bonds is 2. The molecule has 2 aromatic heterocycles. The van der Waals surface area contributed by atoms with E-state index in [2.05, 4.69) is 31.1 Å². The van der Waals surface area contributed by atoms with E-state index >= 15 is 0 Å². The van der Waals surface area contributed by atoms with Crippen molar-refractivity contribution in [3.05, 3.63) is 46.2 Å². The second-order valence-corrected chi connectivity index (χ2v) is 5.17. The number of nitriles is 1. The molecule has 3 rings (SSSR count). The molecule has 0 aliphatic rings. The molecule has 0 aliphatic heterocycles. The van der Waals surface area contributed by atoms with E-state index in [0.29, 0.717) is 23.0 Å². The summed E-state index contributed by atoms with van der Waals surface area (Å²) in [4.78, 5) is 7.18.